The Morgan fingerprint density at radius 3 is 2.79 bits per heavy atom. The first kappa shape index (κ1) is 16.8. The number of piperidine rings is 1. The summed E-state index contributed by atoms with van der Waals surface area (Å²) in [4.78, 5) is 29.0. The fourth-order valence-electron chi connectivity index (χ4n) is 2.93. The zero-order valence-corrected chi connectivity index (χ0v) is 14.4. The average Bonchev–Trinajstić information content (AvgIpc) is 3.11. The lowest BCUT2D eigenvalue weighted by Gasteiger charge is -2.30. The zero-order chi connectivity index (χ0) is 17.1. The van der Waals surface area contributed by atoms with Gasteiger partial charge in [0.05, 0.1) is 15.6 Å². The SMILES string of the molecule is O=C(c1ncco1)C1CCN(Cc2ccc(Br)c([N+](=O)[O-])c2)CC1. The lowest BCUT2D eigenvalue weighted by Crippen LogP contribution is -2.36. The van der Waals surface area contributed by atoms with Crippen LogP contribution >= 0.6 is 15.9 Å². The summed E-state index contributed by atoms with van der Waals surface area (Å²) in [6.45, 7) is 2.16. The van der Waals surface area contributed by atoms with E-state index in [0.29, 0.717) is 11.0 Å². The molecule has 24 heavy (non-hydrogen) atoms. The fraction of sp³-hybridized carbons (Fsp3) is 0.375. The smallest absolute Gasteiger partial charge is 0.283 e. The van der Waals surface area contributed by atoms with E-state index in [1.54, 1.807) is 12.1 Å². The minimum atomic E-state index is -0.394. The van der Waals surface area contributed by atoms with E-state index in [9.17, 15) is 14.9 Å². The lowest BCUT2D eigenvalue weighted by molar-refractivity contribution is -0.385. The Kier molecular flexibility index (Phi) is 5.06. The molecular formula is C16H16BrN3O4. The topological polar surface area (TPSA) is 89.5 Å². The van der Waals surface area contributed by atoms with Crippen molar-refractivity contribution in [3.63, 3.8) is 0 Å². The quantitative estimate of drug-likeness (QED) is 0.439. The number of benzene rings is 1. The Morgan fingerprint density at radius 2 is 2.17 bits per heavy atom. The molecule has 126 valence electrons. The van der Waals surface area contributed by atoms with Crippen molar-refractivity contribution < 1.29 is 14.1 Å². The summed E-state index contributed by atoms with van der Waals surface area (Å²) >= 11 is 3.19. The Hall–Kier alpha value is -2.06. The highest BCUT2D eigenvalue weighted by Gasteiger charge is 2.28. The minimum absolute atomic E-state index is 0.0427. The molecule has 0 atom stereocenters. The summed E-state index contributed by atoms with van der Waals surface area (Å²) in [5.74, 6) is 0.0649. The van der Waals surface area contributed by atoms with Gasteiger partial charge in [-0.2, -0.15) is 0 Å². The summed E-state index contributed by atoms with van der Waals surface area (Å²) in [5, 5.41) is 11.0. The van der Waals surface area contributed by atoms with Gasteiger partial charge in [0, 0.05) is 18.5 Å². The number of likely N-dealkylation sites (tertiary alicyclic amines) is 1. The molecule has 1 aliphatic rings. The number of rotatable bonds is 5. The highest BCUT2D eigenvalue weighted by molar-refractivity contribution is 9.10. The van der Waals surface area contributed by atoms with E-state index in [2.05, 4.69) is 25.8 Å². The van der Waals surface area contributed by atoms with Gasteiger partial charge in [0.15, 0.2) is 0 Å². The van der Waals surface area contributed by atoms with Crippen LogP contribution in [0.25, 0.3) is 0 Å². The average molecular weight is 394 g/mol. The van der Waals surface area contributed by atoms with Gasteiger partial charge in [-0.1, -0.05) is 6.07 Å². The first-order chi connectivity index (χ1) is 11.5. The number of ketones is 1. The van der Waals surface area contributed by atoms with E-state index < -0.39 is 4.92 Å². The van der Waals surface area contributed by atoms with Crippen LogP contribution < -0.4 is 0 Å². The molecule has 8 heteroatoms. The number of carbonyl (C=O) groups excluding carboxylic acids is 1. The Morgan fingerprint density at radius 1 is 1.42 bits per heavy atom. The number of oxazole rings is 1. The van der Waals surface area contributed by atoms with Crippen LogP contribution in [0.3, 0.4) is 0 Å². The van der Waals surface area contributed by atoms with Crippen LogP contribution in [-0.4, -0.2) is 33.7 Å². The third kappa shape index (κ3) is 3.70. The van der Waals surface area contributed by atoms with E-state index >= 15 is 0 Å². The van der Waals surface area contributed by atoms with E-state index in [0.717, 1.165) is 31.5 Å². The van der Waals surface area contributed by atoms with Crippen molar-refractivity contribution in [3.05, 3.63) is 56.7 Å². The molecule has 0 unspecified atom stereocenters. The summed E-state index contributed by atoms with van der Waals surface area (Å²) in [5.41, 5.74) is 0.962. The maximum atomic E-state index is 12.2. The van der Waals surface area contributed by atoms with Crippen molar-refractivity contribution in [2.24, 2.45) is 5.92 Å². The highest BCUT2D eigenvalue weighted by atomic mass is 79.9. The summed E-state index contributed by atoms with van der Waals surface area (Å²) < 4.78 is 5.55. The molecule has 1 saturated heterocycles. The monoisotopic (exact) mass is 393 g/mol. The van der Waals surface area contributed by atoms with E-state index in [-0.39, 0.29) is 23.3 Å². The highest BCUT2D eigenvalue weighted by Crippen LogP contribution is 2.27. The second kappa shape index (κ2) is 7.23. The molecule has 3 rings (SSSR count). The van der Waals surface area contributed by atoms with Crippen LogP contribution in [0.2, 0.25) is 0 Å². The molecule has 2 heterocycles. The predicted octanol–water partition coefficient (Wildman–Crippen LogP) is 3.44. The Bertz CT molecular complexity index is 740. The number of carbonyl (C=O) groups is 1. The maximum absolute atomic E-state index is 12.2. The molecule has 1 fully saturated rings. The van der Waals surface area contributed by atoms with Crippen LogP contribution in [0.5, 0.6) is 0 Å². The van der Waals surface area contributed by atoms with Crippen LogP contribution in [0.15, 0.2) is 39.5 Å². The third-order valence-electron chi connectivity index (χ3n) is 4.21. The summed E-state index contributed by atoms with van der Waals surface area (Å²) in [6.07, 6.45) is 4.35. The Labute approximate surface area is 146 Å². The predicted molar refractivity (Wildman–Crippen MR) is 89.6 cm³/mol. The van der Waals surface area contributed by atoms with Crippen LogP contribution in [-0.2, 0) is 6.54 Å². The van der Waals surface area contributed by atoms with Crippen molar-refractivity contribution in [1.82, 2.24) is 9.88 Å². The van der Waals surface area contributed by atoms with Crippen LogP contribution in [0.1, 0.15) is 29.1 Å². The molecule has 0 spiro atoms. The van der Waals surface area contributed by atoms with Gasteiger partial charge in [0.2, 0.25) is 5.78 Å². The second-order valence-electron chi connectivity index (χ2n) is 5.79. The number of hydrogen-bond acceptors (Lipinski definition) is 6. The molecule has 2 aromatic rings. The first-order valence-corrected chi connectivity index (χ1v) is 8.43. The standard InChI is InChI=1S/C16H16BrN3O4/c17-13-2-1-11(9-14(13)20(22)23)10-19-6-3-12(4-7-19)15(21)16-18-5-8-24-16/h1-2,5,8-9,12H,3-4,6-7,10H2. The lowest BCUT2D eigenvalue weighted by atomic mass is 9.92. The first-order valence-electron chi connectivity index (χ1n) is 7.63. The van der Waals surface area contributed by atoms with Crippen molar-refractivity contribution in [3.8, 4) is 0 Å². The van der Waals surface area contributed by atoms with Gasteiger partial charge < -0.3 is 4.42 Å². The number of nitrogens with zero attached hydrogens (tertiary/aromatic N) is 3. The third-order valence-corrected chi connectivity index (χ3v) is 4.89. The number of nitro groups is 1. The van der Waals surface area contributed by atoms with Crippen molar-refractivity contribution >= 4 is 27.4 Å². The fourth-order valence-corrected chi connectivity index (χ4v) is 3.32. The maximum Gasteiger partial charge on any atom is 0.283 e. The molecular weight excluding hydrogens is 378 g/mol. The molecule has 0 N–H and O–H groups in total. The number of hydrogen-bond donors (Lipinski definition) is 0. The second-order valence-corrected chi connectivity index (χ2v) is 6.65. The van der Waals surface area contributed by atoms with Crippen molar-refractivity contribution in [2.75, 3.05) is 13.1 Å². The normalized spacial score (nSPS) is 16.2. The van der Waals surface area contributed by atoms with Crippen molar-refractivity contribution in [1.29, 1.82) is 0 Å². The molecule has 0 amide bonds. The molecule has 0 bridgehead atoms. The van der Waals surface area contributed by atoms with Gasteiger partial charge in [0.1, 0.15) is 6.26 Å². The molecule has 0 aliphatic carbocycles. The minimum Gasteiger partial charge on any atom is -0.442 e. The zero-order valence-electron chi connectivity index (χ0n) is 12.9. The van der Waals surface area contributed by atoms with Crippen LogP contribution in [0.4, 0.5) is 5.69 Å². The number of nitro benzene ring substituents is 1. The van der Waals surface area contributed by atoms with E-state index in [4.69, 9.17) is 4.42 Å². The van der Waals surface area contributed by atoms with Gasteiger partial charge in [-0.15, -0.1) is 0 Å². The summed E-state index contributed by atoms with van der Waals surface area (Å²) in [6, 6.07) is 5.17. The summed E-state index contributed by atoms with van der Waals surface area (Å²) in [7, 11) is 0. The van der Waals surface area contributed by atoms with Gasteiger partial charge in [0.25, 0.3) is 11.6 Å². The van der Waals surface area contributed by atoms with Gasteiger partial charge in [-0.25, -0.2) is 4.98 Å². The van der Waals surface area contributed by atoms with Crippen molar-refractivity contribution in [2.45, 2.75) is 19.4 Å². The van der Waals surface area contributed by atoms with Gasteiger partial charge in [-0.3, -0.25) is 19.8 Å². The van der Waals surface area contributed by atoms with E-state index in [1.165, 1.54) is 12.5 Å². The molecule has 1 aromatic carbocycles. The number of aromatic nitrogens is 1. The van der Waals surface area contributed by atoms with Crippen LogP contribution in [0, 0.1) is 16.0 Å². The number of halogens is 1. The van der Waals surface area contributed by atoms with E-state index in [1.807, 2.05) is 6.07 Å². The molecule has 1 aromatic heterocycles. The Balaban J connectivity index is 1.59. The largest absolute Gasteiger partial charge is 0.442 e. The molecule has 7 nitrogen and oxygen atoms in total. The molecule has 0 radical (unpaired) electrons. The van der Waals surface area contributed by atoms with Gasteiger partial charge in [-0.05, 0) is 53.5 Å². The molecule has 0 saturated carbocycles. The number of Topliss-reactive ketones (excluding diaryl/α,β-unsaturated/α-hetero) is 1. The molecule has 1 aliphatic heterocycles. The van der Waals surface area contributed by atoms with Gasteiger partial charge >= 0.3 is 0 Å².